The van der Waals surface area contributed by atoms with Crippen molar-refractivity contribution in [2.75, 3.05) is 23.8 Å². The van der Waals surface area contributed by atoms with Crippen molar-refractivity contribution in [2.45, 2.75) is 45.3 Å². The third-order valence-electron chi connectivity index (χ3n) is 5.03. The van der Waals surface area contributed by atoms with Gasteiger partial charge in [-0.25, -0.2) is 9.78 Å². The number of aromatic nitrogens is 4. The molecule has 10 heteroatoms. The van der Waals surface area contributed by atoms with Gasteiger partial charge in [0.15, 0.2) is 0 Å². The predicted molar refractivity (Wildman–Crippen MR) is 127 cm³/mol. The van der Waals surface area contributed by atoms with E-state index < -0.39 is 11.7 Å². The van der Waals surface area contributed by atoms with E-state index in [0.29, 0.717) is 17.5 Å². The van der Waals surface area contributed by atoms with Crippen LogP contribution >= 0.6 is 11.6 Å². The SMILES string of the molecule is CC(C)(C)OC(=O)Nc1ccc(Nc2nc(Cl)ncc2-c2cnn(C3CCOCC3)c2)cc1. The van der Waals surface area contributed by atoms with Gasteiger partial charge in [0.05, 0.1) is 12.2 Å². The number of ether oxygens (including phenoxy) is 2. The van der Waals surface area contributed by atoms with Crippen molar-refractivity contribution >= 4 is 34.9 Å². The molecule has 0 unspecified atom stereocenters. The lowest BCUT2D eigenvalue weighted by Gasteiger charge is -2.22. The highest BCUT2D eigenvalue weighted by Crippen LogP contribution is 2.31. The summed E-state index contributed by atoms with van der Waals surface area (Å²) in [5.41, 5.74) is 2.51. The van der Waals surface area contributed by atoms with Gasteiger partial charge >= 0.3 is 6.09 Å². The molecule has 3 aromatic rings. The maximum atomic E-state index is 12.0. The van der Waals surface area contributed by atoms with Crippen molar-refractivity contribution in [3.05, 3.63) is 48.1 Å². The molecular weight excluding hydrogens is 444 g/mol. The fourth-order valence-electron chi connectivity index (χ4n) is 3.49. The van der Waals surface area contributed by atoms with Crippen LogP contribution in [0.5, 0.6) is 0 Å². The maximum absolute atomic E-state index is 12.0. The third kappa shape index (κ3) is 6.21. The molecule has 1 aromatic carbocycles. The van der Waals surface area contributed by atoms with E-state index in [2.05, 4.69) is 25.7 Å². The second kappa shape index (κ2) is 9.76. The lowest BCUT2D eigenvalue weighted by Crippen LogP contribution is -2.27. The van der Waals surface area contributed by atoms with Crippen LogP contribution in [0.3, 0.4) is 0 Å². The first-order chi connectivity index (χ1) is 15.8. The van der Waals surface area contributed by atoms with E-state index >= 15 is 0 Å². The number of amides is 1. The number of hydrogen-bond acceptors (Lipinski definition) is 7. The summed E-state index contributed by atoms with van der Waals surface area (Å²) in [6, 6.07) is 7.54. The van der Waals surface area contributed by atoms with E-state index in [0.717, 1.165) is 42.9 Å². The number of halogens is 1. The van der Waals surface area contributed by atoms with E-state index in [1.807, 2.05) is 43.8 Å². The molecule has 9 nitrogen and oxygen atoms in total. The van der Waals surface area contributed by atoms with Crippen LogP contribution in [0.2, 0.25) is 5.28 Å². The average molecular weight is 471 g/mol. The van der Waals surface area contributed by atoms with E-state index in [-0.39, 0.29) is 5.28 Å². The summed E-state index contributed by atoms with van der Waals surface area (Å²) in [4.78, 5) is 20.5. The van der Waals surface area contributed by atoms with Crippen LogP contribution < -0.4 is 10.6 Å². The Morgan fingerprint density at radius 1 is 1.15 bits per heavy atom. The summed E-state index contributed by atoms with van der Waals surface area (Å²) in [7, 11) is 0. The molecule has 3 heterocycles. The van der Waals surface area contributed by atoms with Crippen LogP contribution in [-0.4, -0.2) is 44.7 Å². The first-order valence-electron chi connectivity index (χ1n) is 10.8. The van der Waals surface area contributed by atoms with E-state index in [1.165, 1.54) is 0 Å². The normalized spacial score (nSPS) is 14.7. The molecule has 174 valence electrons. The van der Waals surface area contributed by atoms with Crippen molar-refractivity contribution in [1.29, 1.82) is 0 Å². The Balaban J connectivity index is 1.49. The minimum absolute atomic E-state index is 0.140. The lowest BCUT2D eigenvalue weighted by atomic mass is 10.1. The number of carbonyl (C=O) groups excluding carboxylic acids is 1. The van der Waals surface area contributed by atoms with Crippen LogP contribution in [0.4, 0.5) is 22.0 Å². The smallest absolute Gasteiger partial charge is 0.412 e. The minimum atomic E-state index is -0.563. The standard InChI is InChI=1S/C23H27ClN6O3/c1-23(2,3)33-22(31)28-17-6-4-16(5-7-17)27-20-19(13-25-21(24)29-20)15-12-26-30(14-15)18-8-10-32-11-9-18/h4-7,12-14,18H,8-11H2,1-3H3,(H,28,31)(H,25,27,29). The Bertz CT molecular complexity index is 1100. The van der Waals surface area contributed by atoms with Gasteiger partial charge in [-0.3, -0.25) is 10.00 Å². The molecule has 1 aliphatic heterocycles. The van der Waals surface area contributed by atoms with Crippen molar-refractivity contribution in [1.82, 2.24) is 19.7 Å². The van der Waals surface area contributed by atoms with Gasteiger partial charge in [-0.2, -0.15) is 10.1 Å². The molecule has 1 saturated heterocycles. The van der Waals surface area contributed by atoms with Crippen LogP contribution in [-0.2, 0) is 9.47 Å². The number of rotatable bonds is 5. The Kier molecular flexibility index (Phi) is 6.80. The highest BCUT2D eigenvalue weighted by Gasteiger charge is 2.19. The number of benzene rings is 1. The van der Waals surface area contributed by atoms with Crippen LogP contribution in [0.1, 0.15) is 39.7 Å². The number of nitrogens with zero attached hydrogens (tertiary/aromatic N) is 4. The fourth-order valence-corrected chi connectivity index (χ4v) is 3.62. The molecule has 0 atom stereocenters. The predicted octanol–water partition coefficient (Wildman–Crippen LogP) is 5.44. The second-order valence-corrected chi connectivity index (χ2v) is 9.12. The van der Waals surface area contributed by atoms with Gasteiger partial charge in [0, 0.05) is 48.1 Å². The number of nitrogens with one attached hydrogen (secondary N) is 2. The molecule has 1 amide bonds. The molecular formula is C23H27ClN6O3. The average Bonchev–Trinajstić information content (AvgIpc) is 3.25. The molecule has 2 N–H and O–H groups in total. The van der Waals surface area contributed by atoms with Crippen molar-refractivity contribution in [2.24, 2.45) is 0 Å². The molecule has 0 spiro atoms. The van der Waals surface area contributed by atoms with Gasteiger partial charge < -0.3 is 14.8 Å². The Morgan fingerprint density at radius 2 is 1.85 bits per heavy atom. The minimum Gasteiger partial charge on any atom is -0.444 e. The summed E-state index contributed by atoms with van der Waals surface area (Å²) in [5, 5.41) is 10.7. The maximum Gasteiger partial charge on any atom is 0.412 e. The summed E-state index contributed by atoms with van der Waals surface area (Å²) in [6.45, 7) is 6.94. The summed E-state index contributed by atoms with van der Waals surface area (Å²) in [5.74, 6) is 0.564. The molecule has 1 aliphatic rings. The van der Waals surface area contributed by atoms with E-state index in [4.69, 9.17) is 21.1 Å². The van der Waals surface area contributed by atoms with Crippen LogP contribution in [0.15, 0.2) is 42.9 Å². The largest absolute Gasteiger partial charge is 0.444 e. The Labute approximate surface area is 197 Å². The summed E-state index contributed by atoms with van der Waals surface area (Å²) < 4.78 is 12.7. The van der Waals surface area contributed by atoms with E-state index in [9.17, 15) is 4.79 Å². The third-order valence-corrected chi connectivity index (χ3v) is 5.21. The van der Waals surface area contributed by atoms with Gasteiger partial charge in [-0.15, -0.1) is 0 Å². The first-order valence-corrected chi connectivity index (χ1v) is 11.2. The molecule has 0 aliphatic carbocycles. The number of anilines is 3. The highest BCUT2D eigenvalue weighted by atomic mass is 35.5. The van der Waals surface area contributed by atoms with Gasteiger partial charge in [-0.05, 0) is 69.5 Å². The van der Waals surface area contributed by atoms with Crippen molar-refractivity contribution < 1.29 is 14.3 Å². The first kappa shape index (κ1) is 23.0. The summed E-state index contributed by atoms with van der Waals surface area (Å²) >= 11 is 6.07. The van der Waals surface area contributed by atoms with Gasteiger partial charge in [-0.1, -0.05) is 0 Å². The zero-order valence-corrected chi connectivity index (χ0v) is 19.6. The molecule has 1 fully saturated rings. The zero-order valence-electron chi connectivity index (χ0n) is 18.8. The van der Waals surface area contributed by atoms with Gasteiger partial charge in [0.2, 0.25) is 5.28 Å². The van der Waals surface area contributed by atoms with Crippen LogP contribution in [0.25, 0.3) is 11.1 Å². The van der Waals surface area contributed by atoms with Crippen molar-refractivity contribution in [3.63, 3.8) is 0 Å². The molecule has 2 aromatic heterocycles. The lowest BCUT2D eigenvalue weighted by molar-refractivity contribution is 0.0635. The zero-order chi connectivity index (χ0) is 23.4. The summed E-state index contributed by atoms with van der Waals surface area (Å²) in [6.07, 6.45) is 6.86. The quantitative estimate of drug-likeness (QED) is 0.479. The Morgan fingerprint density at radius 3 is 2.55 bits per heavy atom. The fraction of sp³-hybridized carbons (Fsp3) is 0.391. The van der Waals surface area contributed by atoms with Gasteiger partial charge in [0.25, 0.3) is 0 Å². The topological polar surface area (TPSA) is 103 Å². The van der Waals surface area contributed by atoms with Gasteiger partial charge in [0.1, 0.15) is 11.4 Å². The van der Waals surface area contributed by atoms with Crippen molar-refractivity contribution in [3.8, 4) is 11.1 Å². The second-order valence-electron chi connectivity index (χ2n) is 8.78. The molecule has 0 bridgehead atoms. The molecule has 0 saturated carbocycles. The number of carbonyl (C=O) groups is 1. The number of hydrogen-bond donors (Lipinski definition) is 2. The molecule has 33 heavy (non-hydrogen) atoms. The monoisotopic (exact) mass is 470 g/mol. The molecule has 4 rings (SSSR count). The van der Waals surface area contributed by atoms with Crippen LogP contribution in [0, 0.1) is 0 Å². The van der Waals surface area contributed by atoms with E-state index in [1.54, 1.807) is 24.5 Å². The molecule has 0 radical (unpaired) electrons. The highest BCUT2D eigenvalue weighted by molar-refractivity contribution is 6.28. The Hall–Kier alpha value is -3.17.